The molecule has 102 valence electrons. The molecule has 2 aromatic carbocycles. The molecule has 3 nitrogen and oxygen atoms in total. The van der Waals surface area contributed by atoms with Crippen molar-refractivity contribution >= 4 is 26.7 Å². The Balaban J connectivity index is 2.26. The summed E-state index contributed by atoms with van der Waals surface area (Å²) < 4.78 is 1.09. The second kappa shape index (κ2) is 7.01. The van der Waals surface area contributed by atoms with E-state index in [4.69, 9.17) is 10.2 Å². The summed E-state index contributed by atoms with van der Waals surface area (Å²) in [5.74, 6) is 0. The number of aliphatic hydroxyl groups excluding tert-OH is 2. The lowest BCUT2D eigenvalue weighted by atomic mass is 10.1. The third-order valence-corrected chi connectivity index (χ3v) is 4.11. The van der Waals surface area contributed by atoms with Crippen molar-refractivity contribution < 1.29 is 10.2 Å². The zero-order valence-corrected chi connectivity index (χ0v) is 12.3. The van der Waals surface area contributed by atoms with Crippen molar-refractivity contribution in [3.05, 3.63) is 46.4 Å². The summed E-state index contributed by atoms with van der Waals surface area (Å²) in [6.45, 7) is 2.06. The fourth-order valence-corrected chi connectivity index (χ4v) is 2.81. The molecule has 0 atom stereocenters. The average Bonchev–Trinajstić information content (AvgIpc) is 2.43. The highest BCUT2D eigenvalue weighted by Crippen LogP contribution is 2.28. The van der Waals surface area contributed by atoms with Crippen LogP contribution in [0.2, 0.25) is 0 Å². The molecular weight excluding hydrogens is 306 g/mol. The first-order valence-electron chi connectivity index (χ1n) is 6.36. The summed E-state index contributed by atoms with van der Waals surface area (Å²) in [6, 6.07) is 12.4. The molecule has 4 heteroatoms. The first kappa shape index (κ1) is 14.5. The molecule has 0 saturated carbocycles. The van der Waals surface area contributed by atoms with Gasteiger partial charge >= 0.3 is 0 Å². The maximum Gasteiger partial charge on any atom is 0.0558 e. The Labute approximate surface area is 121 Å². The maximum absolute atomic E-state index is 9.05. The fourth-order valence-electron chi connectivity index (χ4n) is 2.19. The Hall–Kier alpha value is -0.940. The molecule has 2 rings (SSSR count). The van der Waals surface area contributed by atoms with E-state index in [1.165, 1.54) is 16.3 Å². The summed E-state index contributed by atoms with van der Waals surface area (Å²) in [5, 5.41) is 20.5. The standard InChI is InChI=1S/C15H18BrNO2/c16-15-13(11-17(7-9-18)8-10-19)6-5-12-3-1-2-4-14(12)15/h1-6,18-19H,7-11H2. The van der Waals surface area contributed by atoms with Gasteiger partial charge in [0, 0.05) is 24.1 Å². The highest BCUT2D eigenvalue weighted by atomic mass is 79.9. The van der Waals surface area contributed by atoms with Gasteiger partial charge in [0.1, 0.15) is 0 Å². The minimum Gasteiger partial charge on any atom is -0.395 e. The molecule has 2 N–H and O–H groups in total. The van der Waals surface area contributed by atoms with Gasteiger partial charge in [0.2, 0.25) is 0 Å². The fraction of sp³-hybridized carbons (Fsp3) is 0.333. The van der Waals surface area contributed by atoms with Crippen LogP contribution in [0.3, 0.4) is 0 Å². The quantitative estimate of drug-likeness (QED) is 0.857. The lowest BCUT2D eigenvalue weighted by Crippen LogP contribution is -2.29. The Morgan fingerprint density at radius 1 is 0.947 bits per heavy atom. The van der Waals surface area contributed by atoms with Gasteiger partial charge in [0.25, 0.3) is 0 Å². The van der Waals surface area contributed by atoms with E-state index in [1.807, 2.05) is 17.0 Å². The van der Waals surface area contributed by atoms with Gasteiger partial charge in [-0.3, -0.25) is 4.90 Å². The summed E-state index contributed by atoms with van der Waals surface area (Å²) in [6.07, 6.45) is 0. The van der Waals surface area contributed by atoms with Gasteiger partial charge in [-0.2, -0.15) is 0 Å². The second-order valence-corrected chi connectivity index (χ2v) is 5.28. The van der Waals surface area contributed by atoms with Gasteiger partial charge in [-0.05, 0) is 32.3 Å². The van der Waals surface area contributed by atoms with Gasteiger partial charge in [-0.1, -0.05) is 36.4 Å². The Bertz CT molecular complexity index is 539. The van der Waals surface area contributed by atoms with E-state index in [-0.39, 0.29) is 13.2 Å². The monoisotopic (exact) mass is 323 g/mol. The van der Waals surface area contributed by atoms with E-state index in [1.54, 1.807) is 0 Å². The maximum atomic E-state index is 9.05. The molecule has 0 aliphatic rings. The van der Waals surface area contributed by atoms with E-state index in [0.29, 0.717) is 19.6 Å². The van der Waals surface area contributed by atoms with E-state index in [9.17, 15) is 0 Å². The van der Waals surface area contributed by atoms with Crippen molar-refractivity contribution in [2.45, 2.75) is 6.54 Å². The van der Waals surface area contributed by atoms with Crippen molar-refractivity contribution in [3.63, 3.8) is 0 Å². The molecule has 2 aromatic rings. The molecule has 0 saturated heterocycles. The molecule has 0 aliphatic carbocycles. The van der Waals surface area contributed by atoms with Crippen LogP contribution in [0.25, 0.3) is 10.8 Å². The predicted octanol–water partition coefficient (Wildman–Crippen LogP) is 2.39. The SMILES string of the molecule is OCCN(CCO)Cc1ccc2ccccc2c1Br. The number of aliphatic hydroxyl groups is 2. The molecule has 0 unspecified atom stereocenters. The van der Waals surface area contributed by atoms with Crippen LogP contribution in [0.1, 0.15) is 5.56 Å². The van der Waals surface area contributed by atoms with Crippen molar-refractivity contribution in [2.75, 3.05) is 26.3 Å². The molecule has 0 bridgehead atoms. The number of halogens is 1. The zero-order chi connectivity index (χ0) is 13.7. The van der Waals surface area contributed by atoms with Crippen LogP contribution < -0.4 is 0 Å². The smallest absolute Gasteiger partial charge is 0.0558 e. The Morgan fingerprint density at radius 2 is 1.63 bits per heavy atom. The molecule has 19 heavy (non-hydrogen) atoms. The second-order valence-electron chi connectivity index (χ2n) is 4.48. The van der Waals surface area contributed by atoms with Crippen LogP contribution in [0.4, 0.5) is 0 Å². The number of fused-ring (bicyclic) bond motifs is 1. The van der Waals surface area contributed by atoms with Crippen molar-refractivity contribution in [1.29, 1.82) is 0 Å². The number of hydrogen-bond donors (Lipinski definition) is 2. The largest absolute Gasteiger partial charge is 0.395 e. The van der Waals surface area contributed by atoms with Crippen LogP contribution >= 0.6 is 15.9 Å². The van der Waals surface area contributed by atoms with Crippen molar-refractivity contribution in [2.24, 2.45) is 0 Å². The van der Waals surface area contributed by atoms with Crippen LogP contribution in [-0.4, -0.2) is 41.4 Å². The summed E-state index contributed by atoms with van der Waals surface area (Å²) >= 11 is 3.66. The lowest BCUT2D eigenvalue weighted by molar-refractivity contribution is 0.156. The summed E-state index contributed by atoms with van der Waals surface area (Å²) in [4.78, 5) is 2.04. The normalized spacial score (nSPS) is 11.4. The van der Waals surface area contributed by atoms with Gasteiger partial charge in [-0.15, -0.1) is 0 Å². The average molecular weight is 324 g/mol. The molecule has 0 aromatic heterocycles. The van der Waals surface area contributed by atoms with Crippen LogP contribution in [0, 0.1) is 0 Å². The molecule has 0 amide bonds. The minimum absolute atomic E-state index is 0.102. The first-order valence-corrected chi connectivity index (χ1v) is 7.15. The Kier molecular flexibility index (Phi) is 5.34. The summed E-state index contributed by atoms with van der Waals surface area (Å²) in [5.41, 5.74) is 1.17. The first-order chi connectivity index (χ1) is 9.26. The number of hydrogen-bond acceptors (Lipinski definition) is 3. The molecule has 0 spiro atoms. The van der Waals surface area contributed by atoms with Crippen LogP contribution in [0.5, 0.6) is 0 Å². The van der Waals surface area contributed by atoms with Crippen LogP contribution in [0.15, 0.2) is 40.9 Å². The third-order valence-electron chi connectivity index (χ3n) is 3.17. The molecule has 0 fully saturated rings. The van der Waals surface area contributed by atoms with E-state index >= 15 is 0 Å². The number of rotatable bonds is 6. The lowest BCUT2D eigenvalue weighted by Gasteiger charge is -2.21. The number of nitrogens with zero attached hydrogens (tertiary/aromatic N) is 1. The third kappa shape index (κ3) is 3.54. The zero-order valence-electron chi connectivity index (χ0n) is 10.7. The van der Waals surface area contributed by atoms with Gasteiger partial charge in [0.15, 0.2) is 0 Å². The van der Waals surface area contributed by atoms with Gasteiger partial charge < -0.3 is 10.2 Å². The van der Waals surface area contributed by atoms with E-state index in [2.05, 4.69) is 40.2 Å². The van der Waals surface area contributed by atoms with Crippen LogP contribution in [-0.2, 0) is 6.54 Å². The molecular formula is C15H18BrNO2. The summed E-state index contributed by atoms with van der Waals surface area (Å²) in [7, 11) is 0. The molecule has 0 aliphatic heterocycles. The van der Waals surface area contributed by atoms with Gasteiger partial charge in [0.05, 0.1) is 13.2 Å². The van der Waals surface area contributed by atoms with Crippen molar-refractivity contribution in [3.8, 4) is 0 Å². The Morgan fingerprint density at radius 3 is 2.32 bits per heavy atom. The highest BCUT2D eigenvalue weighted by Gasteiger charge is 2.09. The predicted molar refractivity (Wildman–Crippen MR) is 81.1 cm³/mol. The molecule has 0 radical (unpaired) electrons. The van der Waals surface area contributed by atoms with Crippen molar-refractivity contribution in [1.82, 2.24) is 4.90 Å². The minimum atomic E-state index is 0.102. The topological polar surface area (TPSA) is 43.7 Å². The highest BCUT2D eigenvalue weighted by molar-refractivity contribution is 9.10. The molecule has 0 heterocycles. The number of benzene rings is 2. The van der Waals surface area contributed by atoms with E-state index in [0.717, 1.165) is 4.47 Å². The van der Waals surface area contributed by atoms with E-state index < -0.39 is 0 Å². The van der Waals surface area contributed by atoms with Gasteiger partial charge in [-0.25, -0.2) is 0 Å².